The van der Waals surface area contributed by atoms with Crippen molar-refractivity contribution in [3.05, 3.63) is 191 Å². The second-order valence-corrected chi connectivity index (χ2v) is 17.2. The molecule has 0 aromatic heterocycles. The van der Waals surface area contributed by atoms with Crippen molar-refractivity contribution >= 4 is 57.9 Å². The summed E-state index contributed by atoms with van der Waals surface area (Å²) in [6, 6.07) is 53.7. The van der Waals surface area contributed by atoms with Crippen LogP contribution in [0.4, 0.5) is 0 Å². The van der Waals surface area contributed by atoms with E-state index in [-0.39, 0.29) is 12.1 Å². The highest BCUT2D eigenvalue weighted by Crippen LogP contribution is 2.39. The summed E-state index contributed by atoms with van der Waals surface area (Å²) in [6.45, 7) is 0.677. The Hall–Kier alpha value is -6.11. The summed E-state index contributed by atoms with van der Waals surface area (Å²) in [7, 11) is 2.90. The summed E-state index contributed by atoms with van der Waals surface area (Å²) in [4.78, 5) is 33.1. The van der Waals surface area contributed by atoms with Crippen LogP contribution in [0.2, 0.25) is 0 Å². The van der Waals surface area contributed by atoms with E-state index in [1.54, 1.807) is 0 Å². The summed E-state index contributed by atoms with van der Waals surface area (Å²) in [6.07, 6.45) is -3.00. The van der Waals surface area contributed by atoms with Gasteiger partial charge in [0.15, 0.2) is 0 Å². The molecule has 7 aromatic rings. The second kappa shape index (κ2) is 17.1. The summed E-state index contributed by atoms with van der Waals surface area (Å²) >= 11 is 0. The summed E-state index contributed by atoms with van der Waals surface area (Å²) in [5.41, 5.74) is 7.51. The van der Waals surface area contributed by atoms with Gasteiger partial charge in [-0.1, -0.05) is 169 Å². The van der Waals surface area contributed by atoms with Crippen molar-refractivity contribution < 1.29 is 37.5 Å². The lowest BCUT2D eigenvalue weighted by Gasteiger charge is -2.39. The molecule has 2 saturated heterocycles. The molecule has 2 fully saturated rings. The van der Waals surface area contributed by atoms with Gasteiger partial charge in [-0.3, -0.25) is 19.4 Å². The van der Waals surface area contributed by atoms with Gasteiger partial charge < -0.3 is 27.9 Å². The first-order valence-corrected chi connectivity index (χ1v) is 22.1. The normalized spacial score (nSPS) is 23.9. The van der Waals surface area contributed by atoms with Gasteiger partial charge in [0.05, 0.1) is 0 Å². The van der Waals surface area contributed by atoms with Gasteiger partial charge in [0.1, 0.15) is 12.2 Å². The third-order valence-corrected chi connectivity index (χ3v) is 13.7. The molecule has 0 radical (unpaired) electrons. The van der Waals surface area contributed by atoms with Gasteiger partial charge in [-0.05, 0) is 71.9 Å². The lowest BCUT2D eigenvalue weighted by molar-refractivity contribution is -0.147. The van der Waals surface area contributed by atoms with Gasteiger partial charge in [-0.25, -0.2) is 0 Å². The van der Waals surface area contributed by atoms with E-state index < -0.39 is 37.7 Å². The molecule has 6 bridgehead atoms. The molecule has 4 aliphatic rings. The van der Waals surface area contributed by atoms with Gasteiger partial charge in [0, 0.05) is 38.3 Å². The quantitative estimate of drug-likeness (QED) is 0.121. The Labute approximate surface area is 373 Å². The number of carbonyl (C=O) groups is 2. The maximum absolute atomic E-state index is 14.1. The Kier molecular flexibility index (Phi) is 11.2. The summed E-state index contributed by atoms with van der Waals surface area (Å²) < 4.78 is 37.7. The molecule has 4 heterocycles. The fourth-order valence-corrected chi connectivity index (χ4v) is 10.2. The average Bonchev–Trinajstić information content (AvgIpc) is 3.88. The summed E-state index contributed by atoms with van der Waals surface area (Å²) in [5.74, 6) is -1.59. The zero-order valence-electron chi connectivity index (χ0n) is 36.5. The fourth-order valence-electron chi connectivity index (χ4n) is 10.2. The van der Waals surface area contributed by atoms with Crippen LogP contribution in [0.15, 0.2) is 158 Å². The van der Waals surface area contributed by atoms with Crippen LogP contribution in [0.3, 0.4) is 0 Å². The number of hydrogen-bond acceptors (Lipinski definition) is 10. The van der Waals surface area contributed by atoms with Gasteiger partial charge >= 0.3 is 13.5 Å². The molecule has 6 atom stereocenters. The number of nitrogens with zero attached hydrogens (tertiary/aromatic N) is 2. The van der Waals surface area contributed by atoms with E-state index in [0.717, 1.165) is 22.3 Å². The number of carbonyl (C=O) groups excluding carboxylic acids is 2. The highest BCUT2D eigenvalue weighted by atomic mass is 16.8. The molecule has 12 heteroatoms. The van der Waals surface area contributed by atoms with Gasteiger partial charge in [-0.2, -0.15) is 0 Å². The monoisotopic (exact) mass is 852 g/mol. The Morgan fingerprint density at radius 2 is 0.797 bits per heavy atom. The van der Waals surface area contributed by atoms with Crippen molar-refractivity contribution in [1.29, 1.82) is 0 Å². The molecule has 0 aliphatic carbocycles. The first-order chi connectivity index (χ1) is 31.2. The number of hydrogen-bond donors (Lipinski definition) is 0. The van der Waals surface area contributed by atoms with Crippen LogP contribution < -0.4 is 10.9 Å². The predicted molar refractivity (Wildman–Crippen MR) is 249 cm³/mol. The first-order valence-electron chi connectivity index (χ1n) is 22.1. The smallest absolute Gasteiger partial charge is 0.468 e. The lowest BCUT2D eigenvalue weighted by atomic mass is 9.66. The molecular formula is C52H50B2N2O8-2. The van der Waals surface area contributed by atoms with Crippen LogP contribution >= 0.6 is 0 Å². The van der Waals surface area contributed by atoms with E-state index >= 15 is 0 Å². The second-order valence-electron chi connectivity index (χ2n) is 17.2. The minimum Gasteiger partial charge on any atom is -0.638 e. The highest BCUT2D eigenvalue weighted by Gasteiger charge is 2.56. The SMILES string of the molecule is CO[B@@-]12OC(=O)[C@H](O1)[C@H]1O[B@@-](OC)(OC1=O)c1ccccc1CN([C@@H](C)c1ccccc1)Cc1c3ccccc3c(c3ccccc13)CN([C@@H](C)c1ccccc1)Cc1ccccc12. The number of benzene rings is 7. The van der Waals surface area contributed by atoms with Gasteiger partial charge in [0.2, 0.25) is 0 Å². The van der Waals surface area contributed by atoms with E-state index in [1.165, 1.54) is 46.9 Å². The zero-order valence-corrected chi connectivity index (χ0v) is 36.5. The third kappa shape index (κ3) is 7.30. The van der Waals surface area contributed by atoms with E-state index in [1.807, 2.05) is 60.7 Å². The molecule has 0 saturated carbocycles. The van der Waals surface area contributed by atoms with Crippen molar-refractivity contribution in [2.75, 3.05) is 14.2 Å². The fraction of sp³-hybridized carbons (Fsp3) is 0.231. The standard InChI is InChI=1S/C52H50B2N2O8/c1-35(37-19-7-5-8-20-37)55-31-39-23-11-17-29-47(39)53(59-3)61-49(51(57)63-53)50-52(58)64-54(60-4,62-50)48-30-18-12-24-40(48)32-56(36(2)38-21-9-6-10-22-38)34-46-43-27-15-13-25-41(43)45(33-55)42-26-14-16-28-44(42)46/h5-30,35-36,49-50H,31-34H2,1-4H3/q-2/t35-,36-,49+,50+,53+,54+/m0/s1. The van der Waals surface area contributed by atoms with Crippen molar-refractivity contribution in [1.82, 2.24) is 9.80 Å². The van der Waals surface area contributed by atoms with Crippen LogP contribution in [0.25, 0.3) is 21.5 Å². The number of fused-ring (bicyclic) bond motifs is 4. The van der Waals surface area contributed by atoms with Gasteiger partial charge in [-0.15, -0.1) is 10.9 Å². The molecule has 4 aliphatic heterocycles. The average molecular weight is 853 g/mol. The van der Waals surface area contributed by atoms with Gasteiger partial charge in [0.25, 0.3) is 11.9 Å². The molecule has 0 amide bonds. The van der Waals surface area contributed by atoms with E-state index in [2.05, 4.69) is 121 Å². The van der Waals surface area contributed by atoms with Crippen LogP contribution in [-0.4, -0.2) is 61.7 Å². The summed E-state index contributed by atoms with van der Waals surface area (Å²) in [5, 5.41) is 4.68. The molecule has 10 nitrogen and oxygen atoms in total. The minimum atomic E-state index is -2.91. The van der Waals surface area contributed by atoms with Crippen LogP contribution in [-0.2, 0) is 63.7 Å². The molecule has 0 spiro atoms. The maximum Gasteiger partial charge on any atom is 0.468 e. The predicted octanol–water partition coefficient (Wildman–Crippen LogP) is 8.00. The molecule has 11 rings (SSSR count). The lowest BCUT2D eigenvalue weighted by Crippen LogP contribution is -2.56. The highest BCUT2D eigenvalue weighted by molar-refractivity contribution is 6.79. The molecule has 7 aromatic carbocycles. The number of rotatable bonds is 6. The van der Waals surface area contributed by atoms with Crippen molar-refractivity contribution in [3.63, 3.8) is 0 Å². The Bertz CT molecular complexity index is 2620. The van der Waals surface area contributed by atoms with Crippen molar-refractivity contribution in [3.8, 4) is 0 Å². The molecule has 64 heavy (non-hydrogen) atoms. The Balaban J connectivity index is 1.22. The van der Waals surface area contributed by atoms with E-state index in [4.69, 9.17) is 27.9 Å². The maximum atomic E-state index is 14.1. The van der Waals surface area contributed by atoms with Crippen LogP contribution in [0, 0.1) is 0 Å². The van der Waals surface area contributed by atoms with E-state index in [0.29, 0.717) is 37.1 Å². The van der Waals surface area contributed by atoms with Crippen molar-refractivity contribution in [2.24, 2.45) is 0 Å². The topological polar surface area (TPSA) is 96.0 Å². The third-order valence-electron chi connectivity index (χ3n) is 13.7. The molecule has 0 unspecified atom stereocenters. The zero-order chi connectivity index (χ0) is 44.0. The minimum absolute atomic E-state index is 0.0524. The van der Waals surface area contributed by atoms with Crippen molar-refractivity contribution in [2.45, 2.75) is 64.3 Å². The Morgan fingerprint density at radius 3 is 1.16 bits per heavy atom. The van der Waals surface area contributed by atoms with Crippen LogP contribution in [0.5, 0.6) is 0 Å². The largest absolute Gasteiger partial charge is 0.638 e. The van der Waals surface area contributed by atoms with E-state index in [9.17, 15) is 9.59 Å². The Morgan fingerprint density at radius 1 is 0.469 bits per heavy atom. The first kappa shape index (κ1) is 41.9. The molecular weight excluding hydrogens is 802 g/mol. The van der Waals surface area contributed by atoms with Crippen LogP contribution in [0.1, 0.15) is 59.3 Å². The molecule has 324 valence electrons. The molecule has 0 N–H and O–H groups in total.